The van der Waals surface area contributed by atoms with E-state index >= 15 is 0 Å². The van der Waals surface area contributed by atoms with Gasteiger partial charge in [-0.15, -0.1) is 11.3 Å². The predicted molar refractivity (Wildman–Crippen MR) is 136 cm³/mol. The molecule has 0 saturated carbocycles. The zero-order valence-electron chi connectivity index (χ0n) is 20.8. The topological polar surface area (TPSA) is 77.9 Å². The zero-order chi connectivity index (χ0) is 24.9. The molecule has 1 atom stereocenters. The molecular formula is C25H33N5O4S. The molecule has 0 unspecified atom stereocenters. The number of benzene rings is 1. The van der Waals surface area contributed by atoms with Crippen LogP contribution >= 0.6 is 11.3 Å². The number of hydrazone groups is 1. The maximum absolute atomic E-state index is 13.5. The van der Waals surface area contributed by atoms with Crippen molar-refractivity contribution in [1.82, 2.24) is 19.7 Å². The molecule has 1 fully saturated rings. The number of thiophene rings is 1. The first kappa shape index (κ1) is 25.2. The Bertz CT molecular complexity index is 1060. The molecule has 188 valence electrons. The van der Waals surface area contributed by atoms with E-state index in [2.05, 4.69) is 9.80 Å². The second kappa shape index (κ2) is 11.2. The summed E-state index contributed by atoms with van der Waals surface area (Å²) >= 11 is 1.63. The molecular weight excluding hydrogens is 466 g/mol. The number of carbonyl (C=O) groups is 2. The Morgan fingerprint density at radius 3 is 2.31 bits per heavy atom. The lowest BCUT2D eigenvalue weighted by molar-refractivity contribution is -0.135. The number of nitrogens with zero attached hydrogens (tertiary/aromatic N) is 5. The van der Waals surface area contributed by atoms with Gasteiger partial charge in [0.05, 0.1) is 43.9 Å². The van der Waals surface area contributed by atoms with Crippen molar-refractivity contribution in [2.24, 2.45) is 5.10 Å². The quantitative estimate of drug-likeness (QED) is 0.554. The van der Waals surface area contributed by atoms with E-state index in [0.29, 0.717) is 31.0 Å². The van der Waals surface area contributed by atoms with E-state index in [9.17, 15) is 9.59 Å². The maximum Gasteiger partial charge on any atom is 0.257 e. The molecule has 1 aromatic carbocycles. The Morgan fingerprint density at radius 2 is 1.71 bits per heavy atom. The molecule has 0 spiro atoms. The zero-order valence-corrected chi connectivity index (χ0v) is 21.6. The fraction of sp³-hybridized carbons (Fsp3) is 0.480. The molecule has 1 aromatic heterocycles. The van der Waals surface area contributed by atoms with Crippen LogP contribution in [0.3, 0.4) is 0 Å². The highest BCUT2D eigenvalue weighted by Crippen LogP contribution is 2.38. The lowest BCUT2D eigenvalue weighted by atomic mass is 10.0. The summed E-state index contributed by atoms with van der Waals surface area (Å²) in [5.41, 5.74) is 1.87. The molecule has 2 aliphatic rings. The Balaban J connectivity index is 1.47. The van der Waals surface area contributed by atoms with Crippen molar-refractivity contribution in [2.45, 2.75) is 12.5 Å². The van der Waals surface area contributed by atoms with Gasteiger partial charge in [0.25, 0.3) is 5.91 Å². The first-order valence-corrected chi connectivity index (χ1v) is 12.6. The number of hydrogen-bond acceptors (Lipinski definition) is 8. The van der Waals surface area contributed by atoms with E-state index < -0.39 is 0 Å². The maximum atomic E-state index is 13.5. The van der Waals surface area contributed by atoms with Gasteiger partial charge in [0.2, 0.25) is 5.91 Å². The number of likely N-dealkylation sites (N-methyl/N-ethyl adjacent to an activating group) is 1. The minimum atomic E-state index is -0.210. The molecule has 2 aromatic rings. The molecule has 0 N–H and O–H groups in total. The van der Waals surface area contributed by atoms with Crippen LogP contribution in [0.15, 0.2) is 40.8 Å². The second-order valence-electron chi connectivity index (χ2n) is 8.94. The molecule has 0 aliphatic carbocycles. The van der Waals surface area contributed by atoms with Gasteiger partial charge in [-0.3, -0.25) is 19.4 Å². The third kappa shape index (κ3) is 5.83. The van der Waals surface area contributed by atoms with Gasteiger partial charge in [0, 0.05) is 46.7 Å². The standard InChI is InChI=1S/C25H33N5O4S/c1-27(2)24(31)16-28-9-11-29(12-10-28)17-25(32)30-20(15-19(26-30)23-6-5-13-35-23)18-7-8-21(33-3)22(14-18)34-4/h5-8,13-14,20H,9-12,15-17H2,1-4H3/t20-/m1/s1. The summed E-state index contributed by atoms with van der Waals surface area (Å²) in [5, 5.41) is 8.44. The van der Waals surface area contributed by atoms with Crippen molar-refractivity contribution in [3.05, 3.63) is 46.2 Å². The predicted octanol–water partition coefficient (Wildman–Crippen LogP) is 2.15. The average Bonchev–Trinajstić information content (AvgIpc) is 3.55. The van der Waals surface area contributed by atoms with E-state index in [0.717, 1.165) is 42.3 Å². The number of hydrogen-bond donors (Lipinski definition) is 0. The summed E-state index contributed by atoms with van der Waals surface area (Å²) in [6.45, 7) is 3.70. The van der Waals surface area contributed by atoms with Gasteiger partial charge in [-0.2, -0.15) is 5.10 Å². The van der Waals surface area contributed by atoms with Crippen LogP contribution in [-0.2, 0) is 9.59 Å². The van der Waals surface area contributed by atoms with Gasteiger partial charge in [-0.05, 0) is 29.1 Å². The van der Waals surface area contributed by atoms with Crippen LogP contribution in [0, 0.1) is 0 Å². The first-order chi connectivity index (χ1) is 16.9. The molecule has 9 nitrogen and oxygen atoms in total. The highest BCUT2D eigenvalue weighted by molar-refractivity contribution is 7.12. The third-order valence-corrected chi connectivity index (χ3v) is 7.36. The van der Waals surface area contributed by atoms with Crippen LogP contribution in [0.1, 0.15) is 22.9 Å². The average molecular weight is 500 g/mol. The van der Waals surface area contributed by atoms with Crippen molar-refractivity contribution in [3.63, 3.8) is 0 Å². The lowest BCUT2D eigenvalue weighted by Crippen LogP contribution is -2.51. The number of ether oxygens (including phenoxy) is 2. The highest BCUT2D eigenvalue weighted by atomic mass is 32.1. The van der Waals surface area contributed by atoms with Crippen LogP contribution in [0.5, 0.6) is 11.5 Å². The second-order valence-corrected chi connectivity index (χ2v) is 9.88. The third-order valence-electron chi connectivity index (χ3n) is 6.45. The van der Waals surface area contributed by atoms with E-state index in [-0.39, 0.29) is 17.9 Å². The summed E-state index contributed by atoms with van der Waals surface area (Å²) in [6, 6.07) is 9.60. The van der Waals surface area contributed by atoms with Crippen LogP contribution in [-0.4, -0.2) is 105 Å². The monoisotopic (exact) mass is 499 g/mol. The van der Waals surface area contributed by atoms with Crippen molar-refractivity contribution >= 4 is 28.9 Å². The Labute approximate surface area is 210 Å². The molecule has 3 heterocycles. The van der Waals surface area contributed by atoms with Crippen molar-refractivity contribution in [2.75, 3.05) is 67.6 Å². The molecule has 35 heavy (non-hydrogen) atoms. The van der Waals surface area contributed by atoms with E-state index in [1.54, 1.807) is 49.6 Å². The minimum Gasteiger partial charge on any atom is -0.493 e. The van der Waals surface area contributed by atoms with Gasteiger partial charge in [0.15, 0.2) is 11.5 Å². The smallest absolute Gasteiger partial charge is 0.257 e. The molecule has 0 bridgehead atoms. The van der Waals surface area contributed by atoms with Gasteiger partial charge in [-0.25, -0.2) is 5.01 Å². The minimum absolute atomic E-state index is 0.0332. The molecule has 4 rings (SSSR count). The van der Waals surface area contributed by atoms with Gasteiger partial charge in [-0.1, -0.05) is 12.1 Å². The number of rotatable bonds is 8. The summed E-state index contributed by atoms with van der Waals surface area (Å²) in [4.78, 5) is 32.5. The fourth-order valence-corrected chi connectivity index (χ4v) is 5.07. The largest absolute Gasteiger partial charge is 0.493 e. The SMILES string of the molecule is COc1ccc([C@H]2CC(c3cccs3)=NN2C(=O)CN2CCN(CC(=O)N(C)C)CC2)cc1OC. The molecule has 0 radical (unpaired) electrons. The summed E-state index contributed by atoms with van der Waals surface area (Å²) < 4.78 is 10.9. The highest BCUT2D eigenvalue weighted by Gasteiger charge is 2.35. The van der Waals surface area contributed by atoms with Crippen LogP contribution in [0.4, 0.5) is 0 Å². The normalized spacial score (nSPS) is 18.9. The van der Waals surface area contributed by atoms with Crippen molar-refractivity contribution in [3.8, 4) is 11.5 Å². The van der Waals surface area contributed by atoms with E-state index in [1.807, 2.05) is 35.7 Å². The first-order valence-electron chi connectivity index (χ1n) is 11.7. The van der Waals surface area contributed by atoms with Crippen LogP contribution in [0.2, 0.25) is 0 Å². The molecule has 10 heteroatoms. The number of piperazine rings is 1. The van der Waals surface area contributed by atoms with Gasteiger partial charge >= 0.3 is 0 Å². The van der Waals surface area contributed by atoms with Crippen molar-refractivity contribution in [1.29, 1.82) is 0 Å². The van der Waals surface area contributed by atoms with E-state index in [1.165, 1.54) is 0 Å². The van der Waals surface area contributed by atoms with Crippen molar-refractivity contribution < 1.29 is 19.1 Å². The Kier molecular flexibility index (Phi) is 8.04. The Morgan fingerprint density at radius 1 is 1.03 bits per heavy atom. The summed E-state index contributed by atoms with van der Waals surface area (Å²) in [7, 11) is 6.76. The Hall–Kier alpha value is -2.95. The number of carbonyl (C=O) groups excluding carboxylic acids is 2. The lowest BCUT2D eigenvalue weighted by Gasteiger charge is -2.35. The summed E-state index contributed by atoms with van der Waals surface area (Å²) in [5.74, 6) is 1.34. The fourth-order valence-electron chi connectivity index (χ4n) is 4.35. The summed E-state index contributed by atoms with van der Waals surface area (Å²) in [6.07, 6.45) is 0.641. The molecule has 2 aliphatic heterocycles. The van der Waals surface area contributed by atoms with E-state index in [4.69, 9.17) is 14.6 Å². The van der Waals surface area contributed by atoms with Crippen LogP contribution in [0.25, 0.3) is 0 Å². The molecule has 2 amide bonds. The molecule has 1 saturated heterocycles. The van der Waals surface area contributed by atoms with Crippen LogP contribution < -0.4 is 9.47 Å². The number of methoxy groups -OCH3 is 2. The number of amides is 2. The van der Waals surface area contributed by atoms with Gasteiger partial charge < -0.3 is 14.4 Å². The van der Waals surface area contributed by atoms with Gasteiger partial charge in [0.1, 0.15) is 0 Å².